The van der Waals surface area contributed by atoms with Gasteiger partial charge >= 0.3 is 6.03 Å². The zero-order valence-corrected chi connectivity index (χ0v) is 31.8. The molecule has 4 N–H and O–H groups in total. The first kappa shape index (κ1) is 39.4. The summed E-state index contributed by atoms with van der Waals surface area (Å²) < 4.78 is 24.3. The molecule has 5 amide bonds. The molecular formula is C34H53Cl2N5O7S. The predicted molar refractivity (Wildman–Crippen MR) is 189 cm³/mol. The highest BCUT2D eigenvalue weighted by Crippen LogP contribution is 2.65. The number of amides is 5. The number of nitrogens with zero attached hydrogens (tertiary/aromatic N) is 1. The van der Waals surface area contributed by atoms with Gasteiger partial charge in [0.25, 0.3) is 5.91 Å². The molecule has 1 heterocycles. The SMILES string of the molecule is C=CCNC(=O)C(=O)C(CC1CC1)NC(=O)[C@@H]1C2C(CN1C(=O)[C@@H](NC(=O)NC1(CS(=O)(=O)C(C)(C)C)CCCCC1)C(C)(C)C)C2(Cl)Cl. The molecule has 3 unspecified atom stereocenters. The number of fused-ring (bicyclic) bond motifs is 1. The van der Waals surface area contributed by atoms with Gasteiger partial charge in [0.15, 0.2) is 9.84 Å². The zero-order chi connectivity index (χ0) is 36.7. The quantitative estimate of drug-likeness (QED) is 0.127. The van der Waals surface area contributed by atoms with Crippen LogP contribution >= 0.6 is 23.2 Å². The van der Waals surface area contributed by atoms with Gasteiger partial charge in [-0.2, -0.15) is 0 Å². The number of carbonyl (C=O) groups excluding carboxylic acids is 5. The van der Waals surface area contributed by atoms with Crippen LogP contribution in [0.5, 0.6) is 0 Å². The van der Waals surface area contributed by atoms with Gasteiger partial charge in [-0.1, -0.05) is 59.0 Å². The van der Waals surface area contributed by atoms with E-state index in [0.29, 0.717) is 12.8 Å². The van der Waals surface area contributed by atoms with E-state index in [1.807, 2.05) is 0 Å². The van der Waals surface area contributed by atoms with Crippen molar-refractivity contribution in [1.82, 2.24) is 26.2 Å². The fraction of sp³-hybridized carbons (Fsp3) is 0.794. The van der Waals surface area contributed by atoms with Crippen molar-refractivity contribution in [2.45, 2.75) is 126 Å². The molecule has 0 spiro atoms. The smallest absolute Gasteiger partial charge is 0.315 e. The van der Waals surface area contributed by atoms with Gasteiger partial charge < -0.3 is 26.2 Å². The molecule has 0 aromatic carbocycles. The first-order valence-electron chi connectivity index (χ1n) is 17.3. The van der Waals surface area contributed by atoms with Crippen molar-refractivity contribution < 1.29 is 32.4 Å². The summed E-state index contributed by atoms with van der Waals surface area (Å²) in [5, 5.41) is 11.0. The predicted octanol–water partition coefficient (Wildman–Crippen LogP) is 3.40. The highest BCUT2D eigenvalue weighted by Gasteiger charge is 2.74. The third-order valence-corrected chi connectivity index (χ3v) is 14.3. The molecule has 15 heteroatoms. The lowest BCUT2D eigenvalue weighted by Gasteiger charge is -2.41. The van der Waals surface area contributed by atoms with Crippen molar-refractivity contribution in [1.29, 1.82) is 0 Å². The van der Waals surface area contributed by atoms with Crippen LogP contribution in [0.4, 0.5) is 4.79 Å². The van der Waals surface area contributed by atoms with Gasteiger partial charge in [0.2, 0.25) is 17.6 Å². The van der Waals surface area contributed by atoms with Crippen molar-refractivity contribution in [2.75, 3.05) is 18.8 Å². The summed E-state index contributed by atoms with van der Waals surface area (Å²) in [6, 6.07) is -4.03. The van der Waals surface area contributed by atoms with Crippen LogP contribution in [0.25, 0.3) is 0 Å². The number of urea groups is 1. The average molecular weight is 747 g/mol. The molecule has 3 aliphatic carbocycles. The Bertz CT molecular complexity index is 1440. The Morgan fingerprint density at radius 1 is 0.980 bits per heavy atom. The first-order chi connectivity index (χ1) is 22.5. The Labute approximate surface area is 300 Å². The summed E-state index contributed by atoms with van der Waals surface area (Å²) in [5.41, 5.74) is -1.82. The van der Waals surface area contributed by atoms with Crippen LogP contribution in [0.1, 0.15) is 92.9 Å². The molecule has 0 bridgehead atoms. The first-order valence-corrected chi connectivity index (χ1v) is 19.7. The number of sulfone groups is 1. The molecule has 12 nitrogen and oxygen atoms in total. The second-order valence-corrected chi connectivity index (χ2v) is 20.6. The Kier molecular flexibility index (Phi) is 11.5. The number of carbonyl (C=O) groups is 5. The molecule has 3 saturated carbocycles. The highest BCUT2D eigenvalue weighted by molar-refractivity contribution is 7.92. The summed E-state index contributed by atoms with van der Waals surface area (Å²) in [6.45, 7) is 13.9. The van der Waals surface area contributed by atoms with Crippen LogP contribution in [0, 0.1) is 23.2 Å². The molecule has 4 fully saturated rings. The second-order valence-electron chi connectivity index (χ2n) is 16.5. The minimum absolute atomic E-state index is 0.0548. The van der Waals surface area contributed by atoms with E-state index in [0.717, 1.165) is 32.1 Å². The van der Waals surface area contributed by atoms with Crippen molar-refractivity contribution in [3.05, 3.63) is 12.7 Å². The van der Waals surface area contributed by atoms with E-state index >= 15 is 0 Å². The second kappa shape index (κ2) is 14.3. The fourth-order valence-electron chi connectivity index (χ4n) is 7.06. The maximum atomic E-state index is 14.4. The van der Waals surface area contributed by atoms with Crippen molar-refractivity contribution >= 4 is 62.6 Å². The van der Waals surface area contributed by atoms with Gasteiger partial charge in [0, 0.05) is 24.9 Å². The fourth-order valence-corrected chi connectivity index (χ4v) is 9.40. The molecule has 5 atom stereocenters. The molecule has 276 valence electrons. The number of ketones is 1. The van der Waals surface area contributed by atoms with Gasteiger partial charge in [-0.25, -0.2) is 13.2 Å². The largest absolute Gasteiger partial charge is 0.346 e. The Morgan fingerprint density at radius 2 is 1.59 bits per heavy atom. The molecule has 49 heavy (non-hydrogen) atoms. The van der Waals surface area contributed by atoms with Crippen LogP contribution in [-0.2, 0) is 29.0 Å². The van der Waals surface area contributed by atoms with Crippen molar-refractivity contribution in [3.63, 3.8) is 0 Å². The Hall–Kier alpha value is -2.38. The normalized spacial score (nSPS) is 25.6. The number of Topliss-reactive ketones (excluding diaryl/α,β-unsaturated/α-hetero) is 1. The van der Waals surface area contributed by atoms with Gasteiger partial charge in [-0.05, 0) is 51.4 Å². The van der Waals surface area contributed by atoms with E-state index in [4.69, 9.17) is 23.2 Å². The average Bonchev–Trinajstić information content (AvgIpc) is 3.84. The summed E-state index contributed by atoms with van der Waals surface area (Å²) >= 11 is 13.1. The zero-order valence-electron chi connectivity index (χ0n) is 29.5. The molecule has 0 aromatic heterocycles. The Balaban J connectivity index is 1.55. The lowest BCUT2D eigenvalue weighted by molar-refractivity contribution is -0.144. The molecule has 1 aliphatic heterocycles. The number of likely N-dealkylation sites (tertiary alicyclic amines) is 1. The number of hydrogen-bond donors (Lipinski definition) is 4. The van der Waals surface area contributed by atoms with Gasteiger partial charge in [0.05, 0.1) is 22.1 Å². The lowest BCUT2D eigenvalue weighted by Crippen LogP contribution is -2.64. The van der Waals surface area contributed by atoms with Crippen LogP contribution in [0.2, 0.25) is 0 Å². The lowest BCUT2D eigenvalue weighted by atomic mass is 9.83. The van der Waals surface area contributed by atoms with Gasteiger partial charge in [0.1, 0.15) is 16.4 Å². The minimum Gasteiger partial charge on any atom is -0.346 e. The van der Waals surface area contributed by atoms with E-state index in [-0.39, 0.29) is 31.2 Å². The van der Waals surface area contributed by atoms with E-state index in [9.17, 15) is 32.4 Å². The van der Waals surface area contributed by atoms with E-state index < -0.39 is 89.4 Å². The maximum absolute atomic E-state index is 14.4. The van der Waals surface area contributed by atoms with E-state index in [1.165, 1.54) is 11.0 Å². The topological polar surface area (TPSA) is 171 Å². The third kappa shape index (κ3) is 8.92. The van der Waals surface area contributed by atoms with Gasteiger partial charge in [-0.15, -0.1) is 29.8 Å². The van der Waals surface area contributed by atoms with Crippen LogP contribution in [0.15, 0.2) is 12.7 Å². The van der Waals surface area contributed by atoms with E-state index in [2.05, 4.69) is 27.8 Å². The van der Waals surface area contributed by atoms with Crippen molar-refractivity contribution in [2.24, 2.45) is 23.2 Å². The highest BCUT2D eigenvalue weighted by atomic mass is 35.5. The molecule has 4 rings (SSSR count). The van der Waals surface area contributed by atoms with Crippen LogP contribution in [-0.4, -0.2) is 94.4 Å². The summed E-state index contributed by atoms with van der Waals surface area (Å²) in [6.07, 6.45) is 6.90. The molecule has 0 aromatic rings. The molecular weight excluding hydrogens is 693 g/mol. The minimum atomic E-state index is -3.59. The molecule has 0 radical (unpaired) electrons. The van der Waals surface area contributed by atoms with Crippen molar-refractivity contribution in [3.8, 4) is 0 Å². The van der Waals surface area contributed by atoms with Crippen LogP contribution in [0.3, 0.4) is 0 Å². The number of hydrogen-bond acceptors (Lipinski definition) is 7. The third-order valence-electron chi connectivity index (χ3n) is 10.4. The number of rotatable bonds is 13. The number of halogens is 2. The maximum Gasteiger partial charge on any atom is 0.315 e. The summed E-state index contributed by atoms with van der Waals surface area (Å²) in [4.78, 5) is 69.0. The summed E-state index contributed by atoms with van der Waals surface area (Å²) in [5.74, 6) is -3.87. The van der Waals surface area contributed by atoms with Gasteiger partial charge in [-0.3, -0.25) is 19.2 Å². The Morgan fingerprint density at radius 3 is 2.12 bits per heavy atom. The van der Waals surface area contributed by atoms with E-state index in [1.54, 1.807) is 41.5 Å². The van der Waals surface area contributed by atoms with Crippen LogP contribution < -0.4 is 21.3 Å². The monoisotopic (exact) mass is 745 g/mol. The number of piperidine rings is 1. The molecule has 1 saturated heterocycles. The molecule has 4 aliphatic rings. The number of alkyl halides is 2. The number of nitrogens with one attached hydrogen (secondary N) is 4. The summed E-state index contributed by atoms with van der Waals surface area (Å²) in [7, 11) is -3.59. The standard InChI is InChI=1S/C34H53Cl2N5O7S/c1-8-16-37-28(44)25(42)22(17-20-12-13-20)38-27(43)24-23-21(34(23,35)36)18-41(24)29(45)26(31(2,3)4)39-30(46)40-33(14-10-9-11-15-33)19-49(47,48)32(5,6)7/h8,20-24,26H,1,9-19H2,2-7H3,(H,37,44)(H,38,43)(H2,39,40,46)/t21?,22?,23?,24-,26+/m0/s1.